The molecule has 0 N–H and O–H groups in total. The molecule has 1 atom stereocenters. The number of allylic oxidation sites excluding steroid dienone is 4. The zero-order valence-electron chi connectivity index (χ0n) is 26.6. The van der Waals surface area contributed by atoms with Crippen molar-refractivity contribution in [2.45, 2.75) is 32.6 Å². The van der Waals surface area contributed by atoms with Gasteiger partial charge in [0.15, 0.2) is 5.82 Å². The van der Waals surface area contributed by atoms with Gasteiger partial charge in [0.1, 0.15) is 5.82 Å². The van der Waals surface area contributed by atoms with Crippen LogP contribution in [0.4, 0.5) is 0 Å². The number of nitriles is 1. The molecule has 0 aliphatic heterocycles. The van der Waals surface area contributed by atoms with Crippen LogP contribution in [0.2, 0.25) is 0 Å². The van der Waals surface area contributed by atoms with Crippen molar-refractivity contribution >= 4 is 38.2 Å². The van der Waals surface area contributed by atoms with Crippen molar-refractivity contribution in [1.29, 1.82) is 5.26 Å². The molecule has 0 bridgehead atoms. The highest BCUT2D eigenvalue weighted by molar-refractivity contribution is 6.14. The minimum Gasteiger partial charge on any atom is -0.293 e. The summed E-state index contributed by atoms with van der Waals surface area (Å²) in [5.41, 5.74) is 10.4. The second kappa shape index (κ2) is 10.1. The quantitative estimate of drug-likeness (QED) is 0.202. The van der Waals surface area contributed by atoms with E-state index in [0.29, 0.717) is 5.92 Å². The van der Waals surface area contributed by atoms with Gasteiger partial charge in [0.2, 0.25) is 0 Å². The van der Waals surface area contributed by atoms with Crippen molar-refractivity contribution < 1.29 is 0 Å². The van der Waals surface area contributed by atoms with Crippen LogP contribution in [0.25, 0.3) is 66.5 Å². The van der Waals surface area contributed by atoms with Crippen LogP contribution >= 0.6 is 0 Å². The van der Waals surface area contributed by atoms with Crippen LogP contribution in [0.3, 0.4) is 0 Å². The first-order chi connectivity index (χ1) is 22.9. The maximum atomic E-state index is 9.72. The van der Waals surface area contributed by atoms with Crippen LogP contribution in [-0.2, 0) is 5.41 Å². The van der Waals surface area contributed by atoms with Crippen molar-refractivity contribution in [3.8, 4) is 34.4 Å². The molecule has 0 fully saturated rings. The molecule has 47 heavy (non-hydrogen) atoms. The number of para-hydroxylation sites is 1. The number of aromatic nitrogens is 3. The normalized spacial score (nSPS) is 16.5. The predicted octanol–water partition coefficient (Wildman–Crippen LogP) is 10.6. The average molecular weight is 605 g/mol. The fraction of sp³-hybridized carbons (Fsp3) is 0.140. The van der Waals surface area contributed by atoms with Gasteiger partial charge in [-0.1, -0.05) is 112 Å². The van der Waals surface area contributed by atoms with E-state index in [4.69, 9.17) is 9.97 Å². The number of hydrogen-bond donors (Lipinski definition) is 0. The van der Waals surface area contributed by atoms with Gasteiger partial charge in [-0.25, -0.2) is 9.97 Å². The van der Waals surface area contributed by atoms with Crippen LogP contribution in [0.15, 0.2) is 127 Å². The summed E-state index contributed by atoms with van der Waals surface area (Å²) in [7, 11) is 0. The molecule has 0 amide bonds. The van der Waals surface area contributed by atoms with Crippen LogP contribution < -0.4 is 0 Å². The molecule has 0 saturated carbocycles. The second-order valence-corrected chi connectivity index (χ2v) is 13.5. The first-order valence-electron chi connectivity index (χ1n) is 16.3. The molecular formula is C43H32N4. The van der Waals surface area contributed by atoms with Crippen molar-refractivity contribution in [2.75, 3.05) is 0 Å². The lowest BCUT2D eigenvalue weighted by Gasteiger charge is -2.22. The second-order valence-electron chi connectivity index (χ2n) is 13.5. The minimum atomic E-state index is -0.379. The number of benzene rings is 5. The first kappa shape index (κ1) is 27.5. The molecule has 0 radical (unpaired) electrons. The molecular weight excluding hydrogens is 573 g/mol. The van der Waals surface area contributed by atoms with Gasteiger partial charge >= 0.3 is 0 Å². The molecule has 2 aliphatic carbocycles. The van der Waals surface area contributed by atoms with E-state index in [1.54, 1.807) is 0 Å². The fourth-order valence-corrected chi connectivity index (χ4v) is 7.76. The zero-order valence-corrected chi connectivity index (χ0v) is 26.6. The lowest BCUT2D eigenvalue weighted by molar-refractivity contribution is 0.635. The smallest absolute Gasteiger partial charge is 0.161 e. The molecule has 0 saturated heterocycles. The highest BCUT2D eigenvalue weighted by atomic mass is 15.1. The van der Waals surface area contributed by atoms with E-state index in [9.17, 15) is 5.26 Å². The highest BCUT2D eigenvalue weighted by Gasteiger charge is 2.41. The third-order valence-corrected chi connectivity index (χ3v) is 10.0. The van der Waals surface area contributed by atoms with Crippen molar-refractivity contribution in [3.63, 3.8) is 0 Å². The number of rotatable bonds is 3. The van der Waals surface area contributed by atoms with Gasteiger partial charge in [0.05, 0.1) is 22.8 Å². The summed E-state index contributed by atoms with van der Waals surface area (Å²) in [5, 5.41) is 14.5. The molecule has 4 heteroatoms. The van der Waals surface area contributed by atoms with Crippen molar-refractivity contribution in [3.05, 3.63) is 144 Å². The Morgan fingerprint density at radius 2 is 1.51 bits per heavy atom. The highest BCUT2D eigenvalue weighted by Crippen LogP contribution is 2.52. The van der Waals surface area contributed by atoms with E-state index in [2.05, 4.69) is 135 Å². The summed E-state index contributed by atoms with van der Waals surface area (Å²) >= 11 is 0. The van der Waals surface area contributed by atoms with E-state index in [-0.39, 0.29) is 5.41 Å². The van der Waals surface area contributed by atoms with Crippen molar-refractivity contribution in [1.82, 2.24) is 14.5 Å². The van der Waals surface area contributed by atoms with E-state index in [0.717, 1.165) is 68.2 Å². The third-order valence-electron chi connectivity index (χ3n) is 10.0. The molecule has 1 unspecified atom stereocenters. The maximum absolute atomic E-state index is 9.72. The Morgan fingerprint density at radius 3 is 2.32 bits per heavy atom. The lowest BCUT2D eigenvalue weighted by atomic mass is 9.82. The first-order valence-corrected chi connectivity index (χ1v) is 16.3. The standard InChI is InChI=1S/C43H32N4/c1-26-19-27(25-44)21-32(20-26)31-17-18-34-36(23-31)43(2,3)40-39(34)42(46-41(45-40)28-11-5-4-6-12-28)47-37-16-10-9-15-33(37)35-22-29-13-7-8-14-30(29)24-38(35)47/h4-18,20-24,26H,19H2,1-3H3. The van der Waals surface area contributed by atoms with Crippen molar-refractivity contribution in [2.24, 2.45) is 5.92 Å². The van der Waals surface area contributed by atoms with Gasteiger partial charge in [-0.05, 0) is 75.7 Å². The molecule has 2 aliphatic rings. The van der Waals surface area contributed by atoms with Gasteiger partial charge in [-0.3, -0.25) is 4.57 Å². The molecule has 224 valence electrons. The topological polar surface area (TPSA) is 54.5 Å². The molecule has 4 nitrogen and oxygen atoms in total. The average Bonchev–Trinajstić information content (AvgIpc) is 3.54. The summed E-state index contributed by atoms with van der Waals surface area (Å²) in [6.45, 7) is 6.74. The number of hydrogen-bond acceptors (Lipinski definition) is 3. The SMILES string of the molecule is CC1C=C(c2ccc3c(c2)C(C)(C)c2nc(-c4ccccc4)nc(-n4c5ccccc5c5cc6ccccc6cc54)c2-3)C=C(C#N)C1. The molecule has 2 heterocycles. The molecule has 5 aromatic carbocycles. The van der Waals surface area contributed by atoms with Gasteiger partial charge in [-0.15, -0.1) is 0 Å². The molecule has 7 aromatic rings. The Hall–Kier alpha value is -5.79. The van der Waals surface area contributed by atoms with Crippen LogP contribution in [0.5, 0.6) is 0 Å². The summed E-state index contributed by atoms with van der Waals surface area (Å²) in [6.07, 6.45) is 5.13. The Bertz CT molecular complexity index is 2540. The van der Waals surface area contributed by atoms with E-state index in [1.807, 2.05) is 18.2 Å². The Labute approximate surface area is 274 Å². The predicted molar refractivity (Wildman–Crippen MR) is 192 cm³/mol. The van der Waals surface area contributed by atoms with Gasteiger partial charge in [0, 0.05) is 32.9 Å². The maximum Gasteiger partial charge on any atom is 0.161 e. The van der Waals surface area contributed by atoms with Crippen LogP contribution in [0, 0.1) is 17.2 Å². The Balaban J connectivity index is 1.37. The summed E-state index contributed by atoms with van der Waals surface area (Å²) in [6, 6.07) is 41.3. The number of fused-ring (bicyclic) bond motifs is 7. The Morgan fingerprint density at radius 1 is 0.766 bits per heavy atom. The van der Waals surface area contributed by atoms with Gasteiger partial charge in [0.25, 0.3) is 0 Å². The summed E-state index contributed by atoms with van der Waals surface area (Å²) < 4.78 is 2.36. The minimum absolute atomic E-state index is 0.320. The molecule has 2 aromatic heterocycles. The van der Waals surface area contributed by atoms with Gasteiger partial charge in [-0.2, -0.15) is 5.26 Å². The molecule has 0 spiro atoms. The van der Waals surface area contributed by atoms with Crippen LogP contribution in [-0.4, -0.2) is 14.5 Å². The third kappa shape index (κ3) is 4.13. The Kier molecular flexibility index (Phi) is 5.92. The fourth-order valence-electron chi connectivity index (χ4n) is 7.76. The van der Waals surface area contributed by atoms with Crippen LogP contribution in [0.1, 0.15) is 44.0 Å². The molecule has 9 rings (SSSR count). The van der Waals surface area contributed by atoms with E-state index >= 15 is 0 Å². The lowest BCUT2D eigenvalue weighted by Crippen LogP contribution is -2.18. The van der Waals surface area contributed by atoms with E-state index in [1.165, 1.54) is 27.1 Å². The largest absolute Gasteiger partial charge is 0.293 e. The summed E-state index contributed by atoms with van der Waals surface area (Å²) in [4.78, 5) is 10.8. The zero-order chi connectivity index (χ0) is 31.9. The van der Waals surface area contributed by atoms with E-state index < -0.39 is 0 Å². The summed E-state index contributed by atoms with van der Waals surface area (Å²) in [5.74, 6) is 1.94. The monoisotopic (exact) mass is 604 g/mol. The number of nitrogens with zero attached hydrogens (tertiary/aromatic N) is 4. The van der Waals surface area contributed by atoms with Gasteiger partial charge < -0.3 is 0 Å².